The number of aromatic nitrogens is 2. The Morgan fingerprint density at radius 1 is 1.36 bits per heavy atom. The number of likely N-dealkylation sites (tertiary alicyclic amines) is 1. The quantitative estimate of drug-likeness (QED) is 0.842. The number of ether oxygens (including phenoxy) is 1. The highest BCUT2D eigenvalue weighted by Crippen LogP contribution is 2.26. The first-order valence-corrected chi connectivity index (χ1v) is 8.63. The second-order valence-corrected chi connectivity index (χ2v) is 6.83. The third kappa shape index (κ3) is 3.75. The van der Waals surface area contributed by atoms with Crippen LogP contribution in [-0.2, 0) is 16.1 Å². The molecule has 25 heavy (non-hydrogen) atoms. The third-order valence-corrected chi connectivity index (χ3v) is 4.62. The summed E-state index contributed by atoms with van der Waals surface area (Å²) < 4.78 is 6.77. The van der Waals surface area contributed by atoms with Gasteiger partial charge in [0.2, 0.25) is 0 Å². The van der Waals surface area contributed by atoms with Crippen molar-refractivity contribution in [3.05, 3.63) is 47.8 Å². The van der Waals surface area contributed by atoms with Crippen molar-refractivity contribution in [2.45, 2.75) is 44.9 Å². The molecule has 1 N–H and O–H groups in total. The number of nitrogens with zero attached hydrogens (tertiary/aromatic N) is 3. The Kier molecular flexibility index (Phi) is 5.20. The number of methoxy groups -OCH3 is 1. The van der Waals surface area contributed by atoms with E-state index < -0.39 is 12.1 Å². The Bertz CT molecular complexity index is 727. The van der Waals surface area contributed by atoms with E-state index >= 15 is 0 Å². The minimum absolute atomic E-state index is 0.268. The van der Waals surface area contributed by atoms with E-state index in [1.807, 2.05) is 46.1 Å². The maximum atomic E-state index is 12.0. The number of benzene rings is 1. The molecule has 3 rings (SSSR count). The summed E-state index contributed by atoms with van der Waals surface area (Å²) in [6.45, 7) is 5.25. The van der Waals surface area contributed by atoms with Crippen LogP contribution < -0.4 is 0 Å². The smallest absolute Gasteiger partial charge is 0.323 e. The molecule has 0 saturated carbocycles. The number of hydrogen-bond donors (Lipinski definition) is 1. The Morgan fingerprint density at radius 2 is 2.08 bits per heavy atom. The number of aliphatic hydroxyl groups is 1. The van der Waals surface area contributed by atoms with Crippen molar-refractivity contribution in [2.24, 2.45) is 0 Å². The molecule has 0 unspecified atom stereocenters. The maximum absolute atomic E-state index is 12.0. The van der Waals surface area contributed by atoms with Gasteiger partial charge in [0.25, 0.3) is 0 Å². The van der Waals surface area contributed by atoms with Crippen LogP contribution in [0.3, 0.4) is 0 Å². The minimum Gasteiger partial charge on any atom is -0.468 e. The molecular weight excluding hydrogens is 318 g/mol. The van der Waals surface area contributed by atoms with E-state index in [4.69, 9.17) is 9.84 Å². The highest BCUT2D eigenvalue weighted by molar-refractivity contribution is 5.76. The Hall–Kier alpha value is -2.18. The van der Waals surface area contributed by atoms with E-state index in [1.54, 1.807) is 0 Å². The third-order valence-electron chi connectivity index (χ3n) is 4.62. The van der Waals surface area contributed by atoms with Crippen molar-refractivity contribution in [2.75, 3.05) is 13.7 Å². The lowest BCUT2D eigenvalue weighted by Crippen LogP contribution is -2.36. The predicted molar refractivity (Wildman–Crippen MR) is 94.5 cm³/mol. The molecule has 1 aliphatic heterocycles. The molecule has 2 atom stereocenters. The number of aliphatic hydroxyl groups excluding tert-OH is 1. The second kappa shape index (κ2) is 7.37. The van der Waals surface area contributed by atoms with E-state index in [-0.39, 0.29) is 11.9 Å². The Labute approximate surface area is 148 Å². The largest absolute Gasteiger partial charge is 0.468 e. The zero-order valence-electron chi connectivity index (χ0n) is 14.9. The number of carbonyl (C=O) groups is 1. The van der Waals surface area contributed by atoms with E-state index in [9.17, 15) is 9.90 Å². The fourth-order valence-corrected chi connectivity index (χ4v) is 3.40. The summed E-state index contributed by atoms with van der Waals surface area (Å²) in [5.41, 5.74) is 3.08. The number of hydrogen-bond acceptors (Lipinski definition) is 5. The van der Waals surface area contributed by atoms with Crippen molar-refractivity contribution in [1.82, 2.24) is 14.7 Å². The average molecular weight is 343 g/mol. The first kappa shape index (κ1) is 17.6. The molecule has 0 amide bonds. The van der Waals surface area contributed by atoms with Crippen LogP contribution in [-0.4, -0.2) is 51.6 Å². The van der Waals surface area contributed by atoms with E-state index in [0.29, 0.717) is 19.5 Å². The molecule has 0 radical (unpaired) electrons. The number of esters is 1. The molecule has 1 aromatic heterocycles. The lowest BCUT2D eigenvalue weighted by Gasteiger charge is -2.22. The lowest BCUT2D eigenvalue weighted by atomic mass is 10.1. The van der Waals surface area contributed by atoms with Crippen molar-refractivity contribution in [3.8, 4) is 5.69 Å². The predicted octanol–water partition coefficient (Wildman–Crippen LogP) is 2.10. The van der Waals surface area contributed by atoms with Crippen molar-refractivity contribution < 1.29 is 14.6 Å². The molecule has 1 aromatic carbocycles. The maximum Gasteiger partial charge on any atom is 0.323 e. The van der Waals surface area contributed by atoms with Gasteiger partial charge in [-0.25, -0.2) is 4.68 Å². The summed E-state index contributed by atoms with van der Waals surface area (Å²) in [7, 11) is 1.39. The highest BCUT2D eigenvalue weighted by atomic mass is 16.5. The second-order valence-electron chi connectivity index (χ2n) is 6.83. The summed E-state index contributed by atoms with van der Waals surface area (Å²) in [6, 6.07) is 9.56. The van der Waals surface area contributed by atoms with Gasteiger partial charge in [-0.3, -0.25) is 9.69 Å². The van der Waals surface area contributed by atoms with Crippen LogP contribution in [0.5, 0.6) is 0 Å². The monoisotopic (exact) mass is 343 g/mol. The fraction of sp³-hybridized carbons (Fsp3) is 0.474. The van der Waals surface area contributed by atoms with Crippen molar-refractivity contribution >= 4 is 5.97 Å². The summed E-state index contributed by atoms with van der Waals surface area (Å²) in [4.78, 5) is 14.0. The van der Waals surface area contributed by atoms with E-state index in [2.05, 4.69) is 13.8 Å². The first-order chi connectivity index (χ1) is 12.0. The number of carbonyl (C=O) groups excluding carboxylic acids is 1. The molecule has 0 bridgehead atoms. The molecule has 1 fully saturated rings. The van der Waals surface area contributed by atoms with Gasteiger partial charge < -0.3 is 9.84 Å². The first-order valence-electron chi connectivity index (χ1n) is 8.63. The lowest BCUT2D eigenvalue weighted by molar-refractivity contribution is -0.146. The highest BCUT2D eigenvalue weighted by Gasteiger charge is 2.37. The van der Waals surface area contributed by atoms with Gasteiger partial charge in [-0.2, -0.15) is 5.10 Å². The van der Waals surface area contributed by atoms with Gasteiger partial charge in [0.15, 0.2) is 0 Å². The molecule has 2 aromatic rings. The molecular formula is C19H25N3O3. The molecule has 1 aliphatic rings. The summed E-state index contributed by atoms with van der Waals surface area (Å²) in [6.07, 6.45) is 1.93. The molecule has 6 nitrogen and oxygen atoms in total. The van der Waals surface area contributed by atoms with Crippen LogP contribution in [0.15, 0.2) is 36.5 Å². The van der Waals surface area contributed by atoms with Crippen LogP contribution in [0.1, 0.15) is 37.4 Å². The van der Waals surface area contributed by atoms with Gasteiger partial charge >= 0.3 is 5.97 Å². The zero-order valence-corrected chi connectivity index (χ0v) is 14.9. The van der Waals surface area contributed by atoms with E-state index in [0.717, 1.165) is 16.9 Å². The average Bonchev–Trinajstić information content (AvgIpc) is 3.19. The summed E-state index contributed by atoms with van der Waals surface area (Å²) in [5.74, 6) is -0.0258. The van der Waals surface area contributed by atoms with Crippen LogP contribution in [0.4, 0.5) is 0 Å². The van der Waals surface area contributed by atoms with Crippen LogP contribution in [0.25, 0.3) is 5.69 Å². The molecule has 0 aliphatic carbocycles. The standard InChI is InChI=1S/C19H25N3O3/c1-13(2)18-14(11-22(20-18)15-7-5-4-6-8-15)10-21-12-16(23)9-17(21)19(24)25-3/h4-8,11,13,16-17,23H,9-10,12H2,1-3H3/t16-,17-/m1/s1. The Balaban J connectivity index is 1.88. The van der Waals surface area contributed by atoms with Gasteiger partial charge in [-0.05, 0) is 18.1 Å². The minimum atomic E-state index is -0.504. The van der Waals surface area contributed by atoms with Crippen molar-refractivity contribution in [1.29, 1.82) is 0 Å². The van der Waals surface area contributed by atoms with Gasteiger partial charge in [0.1, 0.15) is 6.04 Å². The number of rotatable bonds is 5. The number of para-hydroxylation sites is 1. The normalized spacial score (nSPS) is 21.0. The number of β-amino-alcohol motifs (C(OH)–C–C–N with tert-alkyl or cyclic N) is 1. The van der Waals surface area contributed by atoms with Gasteiger partial charge in [0, 0.05) is 31.3 Å². The van der Waals surface area contributed by atoms with Gasteiger partial charge in [0.05, 0.1) is 24.6 Å². The molecule has 0 spiro atoms. The van der Waals surface area contributed by atoms with Gasteiger partial charge in [-0.15, -0.1) is 0 Å². The van der Waals surface area contributed by atoms with Crippen LogP contribution in [0, 0.1) is 0 Å². The summed E-state index contributed by atoms with van der Waals surface area (Å²) in [5, 5.41) is 14.7. The van der Waals surface area contributed by atoms with Crippen LogP contribution >= 0.6 is 0 Å². The molecule has 2 heterocycles. The summed E-state index contributed by atoms with van der Waals surface area (Å²) >= 11 is 0. The Morgan fingerprint density at radius 3 is 2.72 bits per heavy atom. The molecule has 1 saturated heterocycles. The fourth-order valence-electron chi connectivity index (χ4n) is 3.40. The molecule has 6 heteroatoms. The zero-order chi connectivity index (χ0) is 18.0. The topological polar surface area (TPSA) is 67.6 Å². The van der Waals surface area contributed by atoms with Crippen molar-refractivity contribution in [3.63, 3.8) is 0 Å². The van der Waals surface area contributed by atoms with Gasteiger partial charge in [-0.1, -0.05) is 32.0 Å². The van der Waals surface area contributed by atoms with E-state index in [1.165, 1.54) is 7.11 Å². The SMILES string of the molecule is COC(=O)[C@H]1C[C@@H](O)CN1Cc1cn(-c2ccccc2)nc1C(C)C. The van der Waals surface area contributed by atoms with Crippen LogP contribution in [0.2, 0.25) is 0 Å². The molecule has 134 valence electrons.